The molecule has 1 rings (SSSR count). The number of hydrogen-bond acceptors (Lipinski definition) is 5. The zero-order chi connectivity index (χ0) is 12.7. The van der Waals surface area contributed by atoms with Gasteiger partial charge < -0.3 is 10.1 Å². The van der Waals surface area contributed by atoms with Crippen LogP contribution in [0.2, 0.25) is 0 Å². The van der Waals surface area contributed by atoms with Crippen molar-refractivity contribution in [2.45, 2.75) is 13.8 Å². The van der Waals surface area contributed by atoms with Gasteiger partial charge in [0.15, 0.2) is 0 Å². The van der Waals surface area contributed by atoms with Gasteiger partial charge in [0.25, 0.3) is 0 Å². The SMILES string of the molecule is CCOC(=O)C(=N)/C=C(/C)Nc1cccnc1. The Morgan fingerprint density at radius 2 is 2.41 bits per heavy atom. The molecule has 0 saturated carbocycles. The van der Waals surface area contributed by atoms with E-state index in [-0.39, 0.29) is 12.3 Å². The van der Waals surface area contributed by atoms with Crippen molar-refractivity contribution in [2.24, 2.45) is 0 Å². The Morgan fingerprint density at radius 3 is 3.00 bits per heavy atom. The number of allylic oxidation sites excluding steroid dienone is 1. The molecule has 1 heterocycles. The predicted octanol–water partition coefficient (Wildman–Crippen LogP) is 1.98. The second-order valence-corrected chi connectivity index (χ2v) is 3.33. The molecule has 1 aromatic heterocycles. The van der Waals surface area contributed by atoms with Crippen LogP contribution in [0.1, 0.15) is 13.8 Å². The van der Waals surface area contributed by atoms with E-state index in [0.29, 0.717) is 5.70 Å². The van der Waals surface area contributed by atoms with E-state index in [1.165, 1.54) is 6.08 Å². The molecule has 0 fully saturated rings. The molecule has 0 amide bonds. The van der Waals surface area contributed by atoms with Crippen LogP contribution in [-0.4, -0.2) is 23.3 Å². The summed E-state index contributed by atoms with van der Waals surface area (Å²) >= 11 is 0. The lowest BCUT2D eigenvalue weighted by molar-refractivity contribution is -0.135. The van der Waals surface area contributed by atoms with Gasteiger partial charge in [0.2, 0.25) is 0 Å². The largest absolute Gasteiger partial charge is 0.461 e. The highest BCUT2D eigenvalue weighted by molar-refractivity contribution is 6.39. The first-order chi connectivity index (χ1) is 8.13. The highest BCUT2D eigenvalue weighted by Crippen LogP contribution is 2.06. The summed E-state index contributed by atoms with van der Waals surface area (Å²) in [7, 11) is 0. The minimum atomic E-state index is -0.625. The average molecular weight is 233 g/mol. The van der Waals surface area contributed by atoms with E-state index in [1.54, 1.807) is 32.3 Å². The standard InChI is InChI=1S/C12H15N3O2/c1-3-17-12(16)11(13)7-9(2)15-10-5-4-6-14-8-10/h4-8,13,15H,3H2,1-2H3/b9-7-,13-11?. The van der Waals surface area contributed by atoms with Gasteiger partial charge in [0.05, 0.1) is 18.5 Å². The van der Waals surface area contributed by atoms with Crippen LogP contribution in [0.5, 0.6) is 0 Å². The van der Waals surface area contributed by atoms with Crippen molar-refractivity contribution >= 4 is 17.4 Å². The van der Waals surface area contributed by atoms with Gasteiger partial charge in [-0.2, -0.15) is 0 Å². The summed E-state index contributed by atoms with van der Waals surface area (Å²) < 4.78 is 4.71. The van der Waals surface area contributed by atoms with Gasteiger partial charge >= 0.3 is 5.97 Å². The molecular formula is C12H15N3O2. The lowest BCUT2D eigenvalue weighted by Gasteiger charge is -2.06. The van der Waals surface area contributed by atoms with Crippen molar-refractivity contribution in [3.8, 4) is 0 Å². The molecule has 0 aliphatic rings. The number of carbonyl (C=O) groups is 1. The van der Waals surface area contributed by atoms with Gasteiger partial charge in [-0.25, -0.2) is 4.79 Å². The second kappa shape index (κ2) is 6.42. The molecule has 0 aliphatic heterocycles. The first-order valence-electron chi connectivity index (χ1n) is 5.24. The number of nitrogens with one attached hydrogen (secondary N) is 2. The third-order valence-electron chi connectivity index (χ3n) is 1.86. The molecule has 0 aliphatic carbocycles. The van der Waals surface area contributed by atoms with E-state index in [0.717, 1.165) is 5.69 Å². The Labute approximate surface area is 100 Å². The first-order valence-corrected chi connectivity index (χ1v) is 5.24. The lowest BCUT2D eigenvalue weighted by Crippen LogP contribution is -2.15. The quantitative estimate of drug-likeness (QED) is 0.602. The summed E-state index contributed by atoms with van der Waals surface area (Å²) in [6.07, 6.45) is 4.75. The molecule has 0 aromatic carbocycles. The van der Waals surface area contributed by atoms with E-state index in [9.17, 15) is 4.79 Å². The molecule has 1 aromatic rings. The van der Waals surface area contributed by atoms with Crippen LogP contribution in [0.3, 0.4) is 0 Å². The Balaban J connectivity index is 2.61. The molecule has 90 valence electrons. The smallest absolute Gasteiger partial charge is 0.356 e. The Hall–Kier alpha value is -2.17. The maximum absolute atomic E-state index is 11.2. The number of hydrogen-bond donors (Lipinski definition) is 2. The van der Waals surface area contributed by atoms with E-state index in [4.69, 9.17) is 10.1 Å². The van der Waals surface area contributed by atoms with Gasteiger partial charge in [0.1, 0.15) is 5.71 Å². The van der Waals surface area contributed by atoms with Crippen molar-refractivity contribution in [3.63, 3.8) is 0 Å². The monoisotopic (exact) mass is 233 g/mol. The Bertz CT molecular complexity index is 427. The summed E-state index contributed by atoms with van der Waals surface area (Å²) in [5.41, 5.74) is 1.30. The van der Waals surface area contributed by atoms with Crippen LogP contribution in [0, 0.1) is 5.41 Å². The minimum Gasteiger partial charge on any atom is -0.461 e. The van der Waals surface area contributed by atoms with E-state index >= 15 is 0 Å². The number of pyridine rings is 1. The molecule has 17 heavy (non-hydrogen) atoms. The van der Waals surface area contributed by atoms with Crippen molar-refractivity contribution < 1.29 is 9.53 Å². The zero-order valence-corrected chi connectivity index (χ0v) is 9.86. The predicted molar refractivity (Wildman–Crippen MR) is 66.0 cm³/mol. The number of nitrogens with zero attached hydrogens (tertiary/aromatic N) is 1. The molecule has 5 heteroatoms. The van der Waals surface area contributed by atoms with Crippen LogP contribution in [-0.2, 0) is 9.53 Å². The molecule has 0 unspecified atom stereocenters. The van der Waals surface area contributed by atoms with Crippen LogP contribution in [0.25, 0.3) is 0 Å². The van der Waals surface area contributed by atoms with E-state index < -0.39 is 5.97 Å². The van der Waals surface area contributed by atoms with Crippen molar-refractivity contribution in [1.29, 1.82) is 5.41 Å². The average Bonchev–Trinajstić information content (AvgIpc) is 2.30. The topological polar surface area (TPSA) is 75.1 Å². The van der Waals surface area contributed by atoms with Crippen molar-refractivity contribution in [1.82, 2.24) is 4.98 Å². The summed E-state index contributed by atoms with van der Waals surface area (Å²) in [6.45, 7) is 3.74. The summed E-state index contributed by atoms with van der Waals surface area (Å²) in [5.74, 6) is -0.625. The fraction of sp³-hybridized carbons (Fsp3) is 0.250. The molecule has 5 nitrogen and oxygen atoms in total. The molecule has 0 saturated heterocycles. The number of rotatable bonds is 5. The van der Waals surface area contributed by atoms with Gasteiger partial charge in [-0.1, -0.05) is 0 Å². The van der Waals surface area contributed by atoms with Crippen LogP contribution in [0.15, 0.2) is 36.3 Å². The maximum atomic E-state index is 11.2. The number of esters is 1. The third kappa shape index (κ3) is 4.46. The van der Waals surface area contributed by atoms with Gasteiger partial charge in [-0.05, 0) is 32.1 Å². The number of anilines is 1. The van der Waals surface area contributed by atoms with Crippen LogP contribution < -0.4 is 5.32 Å². The summed E-state index contributed by atoms with van der Waals surface area (Å²) in [6, 6.07) is 3.64. The fourth-order valence-corrected chi connectivity index (χ4v) is 1.18. The molecule has 0 radical (unpaired) electrons. The normalized spacial score (nSPS) is 10.8. The van der Waals surface area contributed by atoms with Gasteiger partial charge in [-0.3, -0.25) is 10.4 Å². The maximum Gasteiger partial charge on any atom is 0.356 e. The van der Waals surface area contributed by atoms with Crippen molar-refractivity contribution in [2.75, 3.05) is 11.9 Å². The highest BCUT2D eigenvalue weighted by Gasteiger charge is 2.07. The highest BCUT2D eigenvalue weighted by atomic mass is 16.5. The molecule has 0 spiro atoms. The van der Waals surface area contributed by atoms with E-state index in [1.807, 2.05) is 6.07 Å². The zero-order valence-electron chi connectivity index (χ0n) is 9.86. The number of ether oxygens (including phenoxy) is 1. The van der Waals surface area contributed by atoms with Gasteiger partial charge in [0, 0.05) is 11.9 Å². The molecule has 0 atom stereocenters. The number of aromatic nitrogens is 1. The van der Waals surface area contributed by atoms with Gasteiger partial charge in [-0.15, -0.1) is 0 Å². The van der Waals surface area contributed by atoms with Crippen molar-refractivity contribution in [3.05, 3.63) is 36.3 Å². The molecule has 2 N–H and O–H groups in total. The third-order valence-corrected chi connectivity index (χ3v) is 1.86. The molecular weight excluding hydrogens is 218 g/mol. The molecule has 0 bridgehead atoms. The number of carbonyl (C=O) groups excluding carboxylic acids is 1. The Kier molecular flexibility index (Phi) is 4.87. The fourth-order valence-electron chi connectivity index (χ4n) is 1.18. The Morgan fingerprint density at radius 1 is 1.65 bits per heavy atom. The second-order valence-electron chi connectivity index (χ2n) is 3.33. The minimum absolute atomic E-state index is 0.180. The van der Waals surface area contributed by atoms with Crippen LogP contribution >= 0.6 is 0 Å². The lowest BCUT2D eigenvalue weighted by atomic mass is 10.3. The summed E-state index contributed by atoms with van der Waals surface area (Å²) in [4.78, 5) is 15.1. The van der Waals surface area contributed by atoms with Crippen LogP contribution in [0.4, 0.5) is 5.69 Å². The summed E-state index contributed by atoms with van der Waals surface area (Å²) in [5, 5.41) is 10.5. The van der Waals surface area contributed by atoms with E-state index in [2.05, 4.69) is 10.3 Å². The first kappa shape index (κ1) is 12.9.